The van der Waals surface area contributed by atoms with E-state index in [9.17, 15) is 9.18 Å². The fraction of sp³-hybridized carbons (Fsp3) is 0.167. The number of amides is 2. The van der Waals surface area contributed by atoms with Crippen molar-refractivity contribution in [1.29, 1.82) is 0 Å². The highest BCUT2D eigenvalue weighted by atomic mass is 79.9. The minimum absolute atomic E-state index is 0.400. The van der Waals surface area contributed by atoms with Crippen LogP contribution < -0.4 is 10.6 Å². The SMILES string of the molecule is Cc1ccc(F)cc1NC(=O)Nc1c(Br)cnn1C. The van der Waals surface area contributed by atoms with Crippen LogP contribution in [-0.2, 0) is 7.05 Å². The molecular weight excluding hydrogens is 315 g/mol. The number of anilines is 2. The lowest BCUT2D eigenvalue weighted by Crippen LogP contribution is -2.21. The molecule has 0 bridgehead atoms. The van der Waals surface area contributed by atoms with Crippen LogP contribution in [0.15, 0.2) is 28.9 Å². The molecule has 7 heteroatoms. The lowest BCUT2D eigenvalue weighted by Gasteiger charge is -2.10. The number of nitrogens with one attached hydrogen (secondary N) is 2. The van der Waals surface area contributed by atoms with Gasteiger partial charge in [0.25, 0.3) is 0 Å². The van der Waals surface area contributed by atoms with Crippen molar-refractivity contribution >= 4 is 33.5 Å². The average Bonchev–Trinajstić information content (AvgIpc) is 2.65. The summed E-state index contributed by atoms with van der Waals surface area (Å²) in [4.78, 5) is 11.8. The van der Waals surface area contributed by atoms with Crippen LogP contribution in [0.4, 0.5) is 20.7 Å². The average molecular weight is 327 g/mol. The number of rotatable bonds is 2. The molecule has 2 N–H and O–H groups in total. The molecule has 0 aliphatic rings. The van der Waals surface area contributed by atoms with Gasteiger partial charge in [0.1, 0.15) is 11.6 Å². The molecule has 0 fully saturated rings. The zero-order valence-electron chi connectivity index (χ0n) is 10.4. The number of benzene rings is 1. The largest absolute Gasteiger partial charge is 0.324 e. The monoisotopic (exact) mass is 326 g/mol. The van der Waals surface area contributed by atoms with E-state index in [-0.39, 0.29) is 0 Å². The van der Waals surface area contributed by atoms with Gasteiger partial charge in [0.2, 0.25) is 0 Å². The molecule has 0 saturated heterocycles. The Kier molecular flexibility index (Phi) is 3.84. The van der Waals surface area contributed by atoms with Gasteiger partial charge < -0.3 is 5.32 Å². The van der Waals surface area contributed by atoms with E-state index in [4.69, 9.17) is 0 Å². The summed E-state index contributed by atoms with van der Waals surface area (Å²) in [7, 11) is 1.70. The van der Waals surface area contributed by atoms with Gasteiger partial charge in [0, 0.05) is 12.7 Å². The van der Waals surface area contributed by atoms with Crippen molar-refractivity contribution in [2.45, 2.75) is 6.92 Å². The van der Waals surface area contributed by atoms with Crippen LogP contribution in [0.1, 0.15) is 5.56 Å². The van der Waals surface area contributed by atoms with Crippen LogP contribution in [0, 0.1) is 12.7 Å². The molecule has 0 atom stereocenters. The maximum Gasteiger partial charge on any atom is 0.324 e. The Morgan fingerprint density at radius 2 is 2.16 bits per heavy atom. The van der Waals surface area contributed by atoms with Gasteiger partial charge in [-0.3, -0.25) is 10.00 Å². The van der Waals surface area contributed by atoms with E-state index in [0.29, 0.717) is 16.0 Å². The van der Waals surface area contributed by atoms with E-state index in [0.717, 1.165) is 5.56 Å². The van der Waals surface area contributed by atoms with Gasteiger partial charge >= 0.3 is 6.03 Å². The summed E-state index contributed by atoms with van der Waals surface area (Å²) in [5.41, 5.74) is 1.21. The van der Waals surface area contributed by atoms with Crippen molar-refractivity contribution in [3.05, 3.63) is 40.2 Å². The molecule has 5 nitrogen and oxygen atoms in total. The van der Waals surface area contributed by atoms with Gasteiger partial charge in [-0.05, 0) is 40.5 Å². The van der Waals surface area contributed by atoms with Crippen LogP contribution in [-0.4, -0.2) is 15.8 Å². The summed E-state index contributed by atoms with van der Waals surface area (Å²) in [6.45, 7) is 1.79. The molecule has 0 unspecified atom stereocenters. The number of aryl methyl sites for hydroxylation is 2. The Morgan fingerprint density at radius 1 is 1.42 bits per heavy atom. The quantitative estimate of drug-likeness (QED) is 0.889. The summed E-state index contributed by atoms with van der Waals surface area (Å²) in [6.07, 6.45) is 1.57. The first kappa shape index (κ1) is 13.5. The van der Waals surface area contributed by atoms with Crippen LogP contribution >= 0.6 is 15.9 Å². The number of hydrogen-bond donors (Lipinski definition) is 2. The summed E-state index contributed by atoms with van der Waals surface area (Å²) >= 11 is 3.27. The third kappa shape index (κ3) is 3.11. The van der Waals surface area contributed by atoms with Gasteiger partial charge in [-0.1, -0.05) is 6.07 Å². The number of hydrogen-bond acceptors (Lipinski definition) is 2. The van der Waals surface area contributed by atoms with Gasteiger partial charge in [-0.2, -0.15) is 5.10 Å². The molecule has 0 spiro atoms. The highest BCUT2D eigenvalue weighted by Crippen LogP contribution is 2.21. The molecule has 100 valence electrons. The normalized spacial score (nSPS) is 10.3. The number of carbonyl (C=O) groups excluding carboxylic acids is 1. The van der Waals surface area contributed by atoms with Crippen molar-refractivity contribution < 1.29 is 9.18 Å². The number of halogens is 2. The standard InChI is InChI=1S/C12H12BrFN4O/c1-7-3-4-8(14)5-10(7)16-12(19)17-11-9(13)6-15-18(11)2/h3-6H,1-2H3,(H2,16,17,19). The Morgan fingerprint density at radius 3 is 2.79 bits per heavy atom. The van der Waals surface area contributed by atoms with E-state index in [1.54, 1.807) is 26.2 Å². The van der Waals surface area contributed by atoms with E-state index < -0.39 is 11.8 Å². The molecule has 0 aliphatic heterocycles. The number of aromatic nitrogens is 2. The summed E-state index contributed by atoms with van der Waals surface area (Å²) in [5.74, 6) is 0.120. The number of carbonyl (C=O) groups is 1. The zero-order valence-corrected chi connectivity index (χ0v) is 12.0. The maximum atomic E-state index is 13.1. The molecule has 19 heavy (non-hydrogen) atoms. The molecule has 0 aliphatic carbocycles. The topological polar surface area (TPSA) is 59.0 Å². The van der Waals surface area contributed by atoms with Crippen LogP contribution in [0.2, 0.25) is 0 Å². The van der Waals surface area contributed by atoms with Gasteiger partial charge in [0.05, 0.1) is 10.7 Å². The molecular formula is C12H12BrFN4O. The van der Waals surface area contributed by atoms with Crippen LogP contribution in [0.5, 0.6) is 0 Å². The summed E-state index contributed by atoms with van der Waals surface area (Å²) in [6, 6.07) is 3.76. The highest BCUT2D eigenvalue weighted by Gasteiger charge is 2.11. The lowest BCUT2D eigenvalue weighted by atomic mass is 10.2. The first-order valence-electron chi connectivity index (χ1n) is 5.49. The smallest absolute Gasteiger partial charge is 0.307 e. The van der Waals surface area contributed by atoms with Crippen molar-refractivity contribution in [3.63, 3.8) is 0 Å². The number of urea groups is 1. The molecule has 2 amide bonds. The lowest BCUT2D eigenvalue weighted by molar-refractivity contribution is 0.262. The van der Waals surface area contributed by atoms with E-state index >= 15 is 0 Å². The maximum absolute atomic E-state index is 13.1. The minimum atomic E-state index is -0.460. The predicted molar refractivity (Wildman–Crippen MR) is 74.7 cm³/mol. The predicted octanol–water partition coefficient (Wildman–Crippen LogP) is 3.27. The Balaban J connectivity index is 2.12. The third-order valence-corrected chi connectivity index (χ3v) is 3.15. The molecule has 0 radical (unpaired) electrons. The fourth-order valence-corrected chi connectivity index (χ4v) is 1.99. The van der Waals surface area contributed by atoms with Crippen molar-refractivity contribution in [2.24, 2.45) is 7.05 Å². The molecule has 1 heterocycles. The molecule has 2 aromatic rings. The zero-order chi connectivity index (χ0) is 14.0. The first-order chi connectivity index (χ1) is 8.97. The van der Waals surface area contributed by atoms with E-state index in [2.05, 4.69) is 31.7 Å². The van der Waals surface area contributed by atoms with Crippen LogP contribution in [0.3, 0.4) is 0 Å². The second kappa shape index (κ2) is 5.40. The van der Waals surface area contributed by atoms with Crippen molar-refractivity contribution in [3.8, 4) is 0 Å². The number of nitrogens with zero attached hydrogens (tertiary/aromatic N) is 2. The first-order valence-corrected chi connectivity index (χ1v) is 6.28. The summed E-state index contributed by atoms with van der Waals surface area (Å²) in [5, 5.41) is 9.20. The van der Waals surface area contributed by atoms with Gasteiger partial charge in [-0.25, -0.2) is 9.18 Å². The minimum Gasteiger partial charge on any atom is -0.307 e. The molecule has 0 saturated carbocycles. The Bertz CT molecular complexity index is 607. The molecule has 1 aromatic heterocycles. The van der Waals surface area contributed by atoms with Crippen LogP contribution in [0.25, 0.3) is 0 Å². The van der Waals surface area contributed by atoms with Gasteiger partial charge in [0.15, 0.2) is 0 Å². The van der Waals surface area contributed by atoms with Gasteiger partial charge in [-0.15, -0.1) is 0 Å². The second-order valence-electron chi connectivity index (χ2n) is 4.00. The van der Waals surface area contributed by atoms with E-state index in [1.165, 1.54) is 16.8 Å². The fourth-order valence-electron chi connectivity index (χ4n) is 1.54. The third-order valence-electron chi connectivity index (χ3n) is 2.57. The van der Waals surface area contributed by atoms with Crippen molar-refractivity contribution in [2.75, 3.05) is 10.6 Å². The highest BCUT2D eigenvalue weighted by molar-refractivity contribution is 9.10. The Labute approximate surface area is 117 Å². The second-order valence-corrected chi connectivity index (χ2v) is 4.86. The summed E-state index contributed by atoms with van der Waals surface area (Å²) < 4.78 is 15.3. The van der Waals surface area contributed by atoms with E-state index in [1.807, 2.05) is 0 Å². The molecule has 2 rings (SSSR count). The van der Waals surface area contributed by atoms with Crippen molar-refractivity contribution in [1.82, 2.24) is 9.78 Å². The molecule has 1 aromatic carbocycles. The Hall–Kier alpha value is -1.89.